The molecule has 1 fully saturated rings. The van der Waals surface area contributed by atoms with Crippen LogP contribution < -0.4 is 16.0 Å². The van der Waals surface area contributed by atoms with Crippen LogP contribution in [0.5, 0.6) is 0 Å². The molecule has 1 aliphatic rings. The summed E-state index contributed by atoms with van der Waals surface area (Å²) in [6, 6.07) is 9.75. The van der Waals surface area contributed by atoms with Gasteiger partial charge in [-0.15, -0.1) is 11.3 Å². The van der Waals surface area contributed by atoms with Crippen LogP contribution in [0.1, 0.15) is 6.92 Å². The van der Waals surface area contributed by atoms with Crippen LogP contribution >= 0.6 is 11.3 Å². The Morgan fingerprint density at radius 3 is 3.00 bits per heavy atom. The van der Waals surface area contributed by atoms with Crippen molar-refractivity contribution in [2.75, 3.05) is 36.8 Å². The van der Waals surface area contributed by atoms with Crippen molar-refractivity contribution in [3.8, 4) is 10.6 Å². The van der Waals surface area contributed by atoms with E-state index < -0.39 is 0 Å². The molecule has 2 aromatic heterocycles. The summed E-state index contributed by atoms with van der Waals surface area (Å²) in [6.45, 7) is 4.11. The van der Waals surface area contributed by atoms with Crippen molar-refractivity contribution >= 4 is 45.0 Å². The third-order valence-corrected chi connectivity index (χ3v) is 5.49. The lowest BCUT2D eigenvalue weighted by molar-refractivity contribution is -0.114. The van der Waals surface area contributed by atoms with E-state index in [1.165, 1.54) is 6.92 Å². The zero-order chi connectivity index (χ0) is 19.5. The number of carbonyl (C=O) groups is 2. The van der Waals surface area contributed by atoms with Crippen molar-refractivity contribution in [1.29, 1.82) is 0 Å². The van der Waals surface area contributed by atoms with Crippen LogP contribution in [0.15, 0.2) is 36.5 Å². The standard InChI is InChI=1S/C19H20N6O2S/c1-12(26)23-14-2-3-16-13(10-14)11-17(28-16)15-4-5-20-18(24-15)21-6-8-25-9-7-22-19(25)27/h2-5,10-11H,6-9H2,1H3,(H,22,27)(H,23,26)(H,20,21,24). The minimum absolute atomic E-state index is 0.0274. The number of rotatable bonds is 6. The van der Waals surface area contributed by atoms with E-state index in [0.717, 1.165) is 32.9 Å². The number of amides is 3. The second kappa shape index (κ2) is 7.81. The molecule has 0 aliphatic carbocycles. The molecule has 0 saturated carbocycles. The molecule has 0 bridgehead atoms. The van der Waals surface area contributed by atoms with Gasteiger partial charge in [-0.3, -0.25) is 4.79 Å². The van der Waals surface area contributed by atoms with Crippen molar-refractivity contribution in [3.05, 3.63) is 36.5 Å². The summed E-state index contributed by atoms with van der Waals surface area (Å²) in [6.07, 6.45) is 1.72. The Hall–Kier alpha value is -3.20. The van der Waals surface area contributed by atoms with Gasteiger partial charge in [-0.25, -0.2) is 14.8 Å². The highest BCUT2D eigenvalue weighted by Crippen LogP contribution is 2.34. The molecule has 144 valence electrons. The molecule has 0 unspecified atom stereocenters. The number of nitrogens with zero attached hydrogens (tertiary/aromatic N) is 3. The number of thiophene rings is 1. The summed E-state index contributed by atoms with van der Waals surface area (Å²) in [4.78, 5) is 34.4. The van der Waals surface area contributed by atoms with Gasteiger partial charge in [0, 0.05) is 49.7 Å². The summed E-state index contributed by atoms with van der Waals surface area (Å²) >= 11 is 1.64. The maximum absolute atomic E-state index is 11.6. The molecular formula is C19H20N6O2S. The number of aromatic nitrogens is 2. The van der Waals surface area contributed by atoms with E-state index in [0.29, 0.717) is 25.6 Å². The van der Waals surface area contributed by atoms with Gasteiger partial charge < -0.3 is 20.9 Å². The second-order valence-corrected chi connectivity index (χ2v) is 7.54. The lowest BCUT2D eigenvalue weighted by Gasteiger charge is -2.14. The predicted molar refractivity (Wildman–Crippen MR) is 111 cm³/mol. The Labute approximate surface area is 166 Å². The fraction of sp³-hybridized carbons (Fsp3) is 0.263. The molecule has 0 spiro atoms. The fourth-order valence-electron chi connectivity index (χ4n) is 3.06. The average molecular weight is 396 g/mol. The number of anilines is 2. The van der Waals surface area contributed by atoms with Crippen LogP contribution in [0.25, 0.3) is 20.7 Å². The highest BCUT2D eigenvalue weighted by atomic mass is 32.1. The Morgan fingerprint density at radius 2 is 2.21 bits per heavy atom. The maximum atomic E-state index is 11.6. The number of urea groups is 1. The molecule has 1 aliphatic heterocycles. The predicted octanol–water partition coefficient (Wildman–Crippen LogP) is 2.75. The van der Waals surface area contributed by atoms with Gasteiger partial charge in [0.2, 0.25) is 11.9 Å². The van der Waals surface area contributed by atoms with E-state index in [1.54, 1.807) is 22.4 Å². The highest BCUT2D eigenvalue weighted by Gasteiger charge is 2.18. The van der Waals surface area contributed by atoms with Crippen molar-refractivity contribution in [1.82, 2.24) is 20.2 Å². The van der Waals surface area contributed by atoms with E-state index >= 15 is 0 Å². The zero-order valence-electron chi connectivity index (χ0n) is 15.4. The largest absolute Gasteiger partial charge is 0.352 e. The van der Waals surface area contributed by atoms with Gasteiger partial charge in [0.25, 0.3) is 0 Å². The normalized spacial score (nSPS) is 13.6. The van der Waals surface area contributed by atoms with Gasteiger partial charge >= 0.3 is 6.03 Å². The van der Waals surface area contributed by atoms with Crippen LogP contribution in [-0.4, -0.2) is 53.0 Å². The van der Waals surface area contributed by atoms with Crippen LogP contribution in [0.4, 0.5) is 16.4 Å². The third-order valence-electron chi connectivity index (χ3n) is 4.35. The molecule has 9 heteroatoms. The summed E-state index contributed by atoms with van der Waals surface area (Å²) in [7, 11) is 0. The van der Waals surface area contributed by atoms with Crippen LogP contribution in [0.3, 0.4) is 0 Å². The molecule has 3 amide bonds. The van der Waals surface area contributed by atoms with E-state index in [-0.39, 0.29) is 11.9 Å². The summed E-state index contributed by atoms with van der Waals surface area (Å²) in [5.74, 6) is 0.446. The van der Waals surface area contributed by atoms with Gasteiger partial charge in [0.1, 0.15) is 0 Å². The molecule has 0 atom stereocenters. The monoisotopic (exact) mass is 396 g/mol. The molecule has 1 saturated heterocycles. The molecule has 0 radical (unpaired) electrons. The number of hydrogen-bond acceptors (Lipinski definition) is 6. The van der Waals surface area contributed by atoms with Gasteiger partial charge in [-0.05, 0) is 35.7 Å². The summed E-state index contributed by atoms with van der Waals surface area (Å²) in [5, 5.41) is 9.82. The summed E-state index contributed by atoms with van der Waals surface area (Å²) in [5.41, 5.74) is 1.61. The number of nitrogens with one attached hydrogen (secondary N) is 3. The van der Waals surface area contributed by atoms with Crippen molar-refractivity contribution in [3.63, 3.8) is 0 Å². The number of fused-ring (bicyclic) bond motifs is 1. The first-order chi connectivity index (χ1) is 13.6. The molecule has 4 rings (SSSR count). The molecule has 3 aromatic rings. The molecule has 3 heterocycles. The first-order valence-corrected chi connectivity index (χ1v) is 9.81. The fourth-order valence-corrected chi connectivity index (χ4v) is 4.07. The van der Waals surface area contributed by atoms with Crippen LogP contribution in [-0.2, 0) is 4.79 Å². The lowest BCUT2D eigenvalue weighted by Crippen LogP contribution is -2.32. The third kappa shape index (κ3) is 4.04. The number of benzene rings is 1. The van der Waals surface area contributed by atoms with Crippen molar-refractivity contribution in [2.45, 2.75) is 6.92 Å². The smallest absolute Gasteiger partial charge is 0.317 e. The van der Waals surface area contributed by atoms with Gasteiger partial charge in [0.05, 0.1) is 10.6 Å². The first-order valence-electron chi connectivity index (χ1n) is 9.00. The van der Waals surface area contributed by atoms with E-state index in [1.807, 2.05) is 24.3 Å². The molecule has 3 N–H and O–H groups in total. The second-order valence-electron chi connectivity index (χ2n) is 6.46. The Bertz CT molecular complexity index is 1030. The molecule has 8 nitrogen and oxygen atoms in total. The quantitative estimate of drug-likeness (QED) is 0.595. The minimum atomic E-state index is -0.0901. The van der Waals surface area contributed by atoms with Crippen LogP contribution in [0, 0.1) is 0 Å². The average Bonchev–Trinajstić information content (AvgIpc) is 3.27. The Kier molecular flexibility index (Phi) is 5.07. The first kappa shape index (κ1) is 18.2. The highest BCUT2D eigenvalue weighted by molar-refractivity contribution is 7.22. The minimum Gasteiger partial charge on any atom is -0.352 e. The van der Waals surface area contributed by atoms with Gasteiger partial charge in [-0.1, -0.05) is 0 Å². The number of carbonyl (C=O) groups excluding carboxylic acids is 2. The van der Waals surface area contributed by atoms with Crippen molar-refractivity contribution in [2.24, 2.45) is 0 Å². The molecular weight excluding hydrogens is 376 g/mol. The summed E-state index contributed by atoms with van der Waals surface area (Å²) < 4.78 is 1.12. The molecule has 1 aromatic carbocycles. The van der Waals surface area contributed by atoms with Crippen LogP contribution in [0.2, 0.25) is 0 Å². The van der Waals surface area contributed by atoms with E-state index in [2.05, 4.69) is 32.0 Å². The van der Waals surface area contributed by atoms with Crippen molar-refractivity contribution < 1.29 is 9.59 Å². The van der Waals surface area contributed by atoms with E-state index in [9.17, 15) is 9.59 Å². The molecule has 28 heavy (non-hydrogen) atoms. The number of hydrogen-bond donors (Lipinski definition) is 3. The van der Waals surface area contributed by atoms with Gasteiger partial charge in [-0.2, -0.15) is 0 Å². The SMILES string of the molecule is CC(=O)Nc1ccc2sc(-c3ccnc(NCCN4CCNC4=O)n3)cc2c1. The van der Waals surface area contributed by atoms with E-state index in [4.69, 9.17) is 0 Å². The van der Waals surface area contributed by atoms with Gasteiger partial charge in [0.15, 0.2) is 0 Å². The zero-order valence-corrected chi connectivity index (χ0v) is 16.2. The maximum Gasteiger partial charge on any atom is 0.317 e. The lowest BCUT2D eigenvalue weighted by atomic mass is 10.2. The Balaban J connectivity index is 1.47. The Morgan fingerprint density at radius 1 is 1.32 bits per heavy atom. The topological polar surface area (TPSA) is 99.3 Å².